The van der Waals surface area contributed by atoms with Crippen LogP contribution < -0.4 is 5.32 Å². The Balaban J connectivity index is 2.20. The highest BCUT2D eigenvalue weighted by Gasteiger charge is 2.14. The van der Waals surface area contributed by atoms with Crippen molar-refractivity contribution in [1.82, 2.24) is 0 Å². The van der Waals surface area contributed by atoms with Gasteiger partial charge in [-0.1, -0.05) is 19.1 Å². The van der Waals surface area contributed by atoms with Crippen molar-refractivity contribution < 1.29 is 10.0 Å². The van der Waals surface area contributed by atoms with Crippen molar-refractivity contribution in [3.63, 3.8) is 0 Å². The number of hydrogen-bond acceptors (Lipinski definition) is 4. The van der Waals surface area contributed by atoms with Crippen LogP contribution in [-0.4, -0.2) is 10.0 Å². The van der Waals surface area contributed by atoms with E-state index in [1.807, 2.05) is 19.1 Å². The lowest BCUT2D eigenvalue weighted by molar-refractivity contribution is -0.385. The zero-order chi connectivity index (χ0) is 15.4. The van der Waals surface area contributed by atoms with Gasteiger partial charge >= 0.3 is 0 Å². The van der Waals surface area contributed by atoms with E-state index in [9.17, 15) is 15.2 Å². The number of anilines is 1. The fourth-order valence-corrected chi connectivity index (χ4v) is 2.60. The molecule has 0 aliphatic rings. The Kier molecular flexibility index (Phi) is 4.80. The first-order chi connectivity index (χ1) is 10.0. The van der Waals surface area contributed by atoms with Crippen LogP contribution >= 0.6 is 15.9 Å². The Morgan fingerprint density at radius 3 is 2.48 bits per heavy atom. The fraction of sp³-hybridized carbons (Fsp3) is 0.200. The maximum Gasteiger partial charge on any atom is 0.283 e. The number of rotatable bonds is 5. The molecule has 0 aliphatic heterocycles. The maximum atomic E-state index is 10.8. The second kappa shape index (κ2) is 6.58. The topological polar surface area (TPSA) is 75.4 Å². The molecule has 2 rings (SSSR count). The molecule has 21 heavy (non-hydrogen) atoms. The number of nitro benzene ring substituents is 1. The number of halogens is 1. The average Bonchev–Trinajstić information content (AvgIpc) is 2.45. The number of phenols is 1. The summed E-state index contributed by atoms with van der Waals surface area (Å²) in [6.45, 7) is 2.05. The zero-order valence-electron chi connectivity index (χ0n) is 11.4. The van der Waals surface area contributed by atoms with Gasteiger partial charge in [-0.3, -0.25) is 10.1 Å². The van der Waals surface area contributed by atoms with Crippen LogP contribution in [0.5, 0.6) is 5.75 Å². The SMILES string of the molecule is CCC(Nc1ccc([N+](=O)[O-])c(Br)c1)c1ccc(O)cc1. The first kappa shape index (κ1) is 15.3. The molecule has 0 saturated heterocycles. The molecular weight excluding hydrogens is 336 g/mol. The van der Waals surface area contributed by atoms with Crippen LogP contribution in [0.3, 0.4) is 0 Å². The number of nitro groups is 1. The fourth-order valence-electron chi connectivity index (χ4n) is 2.07. The van der Waals surface area contributed by atoms with Crippen LogP contribution in [0, 0.1) is 10.1 Å². The summed E-state index contributed by atoms with van der Waals surface area (Å²) in [5.41, 5.74) is 1.88. The largest absolute Gasteiger partial charge is 0.508 e. The lowest BCUT2D eigenvalue weighted by Gasteiger charge is -2.19. The van der Waals surface area contributed by atoms with E-state index in [1.165, 1.54) is 6.07 Å². The van der Waals surface area contributed by atoms with Gasteiger partial charge in [-0.15, -0.1) is 0 Å². The van der Waals surface area contributed by atoms with E-state index in [4.69, 9.17) is 0 Å². The Morgan fingerprint density at radius 2 is 1.95 bits per heavy atom. The summed E-state index contributed by atoms with van der Waals surface area (Å²) < 4.78 is 0.443. The molecule has 0 amide bonds. The third-order valence-electron chi connectivity index (χ3n) is 3.19. The Bertz CT molecular complexity index is 644. The van der Waals surface area contributed by atoms with Gasteiger partial charge in [-0.25, -0.2) is 0 Å². The van der Waals surface area contributed by atoms with Crippen molar-refractivity contribution in [3.8, 4) is 5.75 Å². The summed E-state index contributed by atoms with van der Waals surface area (Å²) in [6.07, 6.45) is 0.847. The van der Waals surface area contributed by atoms with Crippen molar-refractivity contribution in [2.75, 3.05) is 5.32 Å². The summed E-state index contributed by atoms with van der Waals surface area (Å²) in [7, 11) is 0. The van der Waals surface area contributed by atoms with Crippen LogP contribution in [0.1, 0.15) is 24.9 Å². The maximum absolute atomic E-state index is 10.8. The van der Waals surface area contributed by atoms with E-state index in [-0.39, 0.29) is 17.5 Å². The molecule has 0 radical (unpaired) electrons. The monoisotopic (exact) mass is 350 g/mol. The first-order valence-electron chi connectivity index (χ1n) is 6.50. The predicted octanol–water partition coefficient (Wildman–Crippen LogP) is 4.63. The minimum absolute atomic E-state index is 0.0400. The zero-order valence-corrected chi connectivity index (χ0v) is 13.0. The van der Waals surface area contributed by atoms with E-state index < -0.39 is 4.92 Å². The third kappa shape index (κ3) is 3.72. The van der Waals surface area contributed by atoms with Gasteiger partial charge < -0.3 is 10.4 Å². The lowest BCUT2D eigenvalue weighted by Crippen LogP contribution is -2.09. The number of phenolic OH excluding ortho intramolecular Hbond substituents is 1. The van der Waals surface area contributed by atoms with Gasteiger partial charge in [0.25, 0.3) is 5.69 Å². The van der Waals surface area contributed by atoms with Crippen LogP contribution in [0.15, 0.2) is 46.9 Å². The lowest BCUT2D eigenvalue weighted by atomic mass is 10.0. The minimum atomic E-state index is -0.425. The van der Waals surface area contributed by atoms with Crippen LogP contribution in [0.4, 0.5) is 11.4 Å². The molecule has 110 valence electrons. The summed E-state index contributed by atoms with van der Waals surface area (Å²) >= 11 is 3.21. The third-order valence-corrected chi connectivity index (χ3v) is 3.82. The van der Waals surface area contributed by atoms with Crippen molar-refractivity contribution in [1.29, 1.82) is 0 Å². The van der Waals surface area contributed by atoms with Gasteiger partial charge in [0.05, 0.1) is 15.4 Å². The number of nitrogens with one attached hydrogen (secondary N) is 1. The summed E-state index contributed by atoms with van der Waals surface area (Å²) in [6, 6.07) is 11.9. The second-order valence-electron chi connectivity index (χ2n) is 4.62. The quantitative estimate of drug-likeness (QED) is 0.609. The van der Waals surface area contributed by atoms with Gasteiger partial charge in [-0.2, -0.15) is 0 Å². The van der Waals surface area contributed by atoms with Crippen LogP contribution in [0.25, 0.3) is 0 Å². The highest BCUT2D eigenvalue weighted by molar-refractivity contribution is 9.10. The molecule has 2 aromatic rings. The Hall–Kier alpha value is -2.08. The average molecular weight is 351 g/mol. The molecule has 0 saturated carbocycles. The highest BCUT2D eigenvalue weighted by Crippen LogP contribution is 2.30. The van der Waals surface area contributed by atoms with E-state index in [0.717, 1.165) is 17.7 Å². The molecule has 2 aromatic carbocycles. The van der Waals surface area contributed by atoms with Gasteiger partial charge in [0.15, 0.2) is 0 Å². The van der Waals surface area contributed by atoms with Crippen molar-refractivity contribution in [3.05, 3.63) is 62.6 Å². The molecule has 0 spiro atoms. The predicted molar refractivity (Wildman–Crippen MR) is 85.6 cm³/mol. The van der Waals surface area contributed by atoms with E-state index in [1.54, 1.807) is 24.3 Å². The molecular formula is C15H15BrN2O3. The van der Waals surface area contributed by atoms with E-state index in [2.05, 4.69) is 21.2 Å². The number of aromatic hydroxyl groups is 1. The number of benzene rings is 2. The van der Waals surface area contributed by atoms with E-state index >= 15 is 0 Å². The van der Waals surface area contributed by atoms with Gasteiger partial charge in [0.2, 0.25) is 0 Å². The van der Waals surface area contributed by atoms with Crippen LogP contribution in [-0.2, 0) is 0 Å². The van der Waals surface area contributed by atoms with Gasteiger partial charge in [-0.05, 0) is 52.2 Å². The normalized spacial score (nSPS) is 11.9. The number of nitrogens with zero attached hydrogens (tertiary/aromatic N) is 1. The number of hydrogen-bond donors (Lipinski definition) is 2. The van der Waals surface area contributed by atoms with E-state index in [0.29, 0.717) is 4.47 Å². The second-order valence-corrected chi connectivity index (χ2v) is 5.47. The van der Waals surface area contributed by atoms with Gasteiger partial charge in [0, 0.05) is 11.8 Å². The molecule has 1 atom stereocenters. The summed E-state index contributed by atoms with van der Waals surface area (Å²) in [4.78, 5) is 10.4. The van der Waals surface area contributed by atoms with Gasteiger partial charge in [0.1, 0.15) is 5.75 Å². The molecule has 0 bridgehead atoms. The summed E-state index contributed by atoms with van der Waals surface area (Å²) in [5.74, 6) is 0.228. The molecule has 2 N–H and O–H groups in total. The molecule has 0 fully saturated rings. The summed E-state index contributed by atoms with van der Waals surface area (Å²) in [5, 5.41) is 23.5. The molecule has 0 heterocycles. The minimum Gasteiger partial charge on any atom is -0.508 e. The first-order valence-corrected chi connectivity index (χ1v) is 7.30. The molecule has 0 aliphatic carbocycles. The Morgan fingerprint density at radius 1 is 1.29 bits per heavy atom. The highest BCUT2D eigenvalue weighted by atomic mass is 79.9. The van der Waals surface area contributed by atoms with Crippen molar-refractivity contribution >= 4 is 27.3 Å². The molecule has 5 nitrogen and oxygen atoms in total. The molecule has 0 aromatic heterocycles. The molecule has 1 unspecified atom stereocenters. The van der Waals surface area contributed by atoms with Crippen molar-refractivity contribution in [2.45, 2.75) is 19.4 Å². The van der Waals surface area contributed by atoms with Crippen LogP contribution in [0.2, 0.25) is 0 Å². The Labute approximate surface area is 130 Å². The smallest absolute Gasteiger partial charge is 0.283 e. The standard InChI is InChI=1S/C15H15BrN2O3/c1-2-14(10-3-6-12(19)7-4-10)17-11-5-8-15(18(20)21)13(16)9-11/h3-9,14,17,19H,2H2,1H3. The van der Waals surface area contributed by atoms with Crippen molar-refractivity contribution in [2.24, 2.45) is 0 Å². The molecule has 6 heteroatoms.